The maximum Gasteiger partial charge on any atom is 0.150 e. The van der Waals surface area contributed by atoms with Crippen LogP contribution in [0.3, 0.4) is 0 Å². The number of aromatic nitrogens is 2. The first-order valence-electron chi connectivity index (χ1n) is 5.78. The van der Waals surface area contributed by atoms with Crippen molar-refractivity contribution in [1.82, 2.24) is 15.3 Å². The van der Waals surface area contributed by atoms with Gasteiger partial charge in [-0.3, -0.25) is 0 Å². The van der Waals surface area contributed by atoms with Crippen molar-refractivity contribution >= 4 is 11.3 Å². The SMILES string of the molecule is CCNC(c1ncc(C)cn1)c1sccc1C. The molecule has 0 fully saturated rings. The van der Waals surface area contributed by atoms with Gasteiger partial charge in [0.15, 0.2) is 0 Å². The Labute approximate surface area is 106 Å². The summed E-state index contributed by atoms with van der Waals surface area (Å²) in [5.74, 6) is 0.850. The molecular weight excluding hydrogens is 230 g/mol. The van der Waals surface area contributed by atoms with Crippen LogP contribution in [0.1, 0.15) is 34.8 Å². The van der Waals surface area contributed by atoms with E-state index < -0.39 is 0 Å². The summed E-state index contributed by atoms with van der Waals surface area (Å²) in [5.41, 5.74) is 2.39. The molecule has 2 aromatic heterocycles. The Morgan fingerprint density at radius 3 is 2.53 bits per heavy atom. The summed E-state index contributed by atoms with van der Waals surface area (Å²) in [6.45, 7) is 7.14. The summed E-state index contributed by atoms with van der Waals surface area (Å²) in [6, 6.07) is 2.25. The predicted molar refractivity (Wildman–Crippen MR) is 71.3 cm³/mol. The lowest BCUT2D eigenvalue weighted by Gasteiger charge is -2.16. The second-order valence-corrected chi connectivity index (χ2v) is 5.02. The third-order valence-electron chi connectivity index (χ3n) is 2.63. The molecule has 0 aliphatic heterocycles. The van der Waals surface area contributed by atoms with Gasteiger partial charge < -0.3 is 5.32 Å². The van der Waals surface area contributed by atoms with E-state index in [4.69, 9.17) is 0 Å². The monoisotopic (exact) mass is 247 g/mol. The third kappa shape index (κ3) is 2.70. The number of nitrogens with one attached hydrogen (secondary N) is 1. The number of thiophene rings is 1. The Morgan fingerprint density at radius 1 is 1.29 bits per heavy atom. The van der Waals surface area contributed by atoms with Crippen molar-refractivity contribution in [2.24, 2.45) is 0 Å². The minimum Gasteiger partial charge on any atom is -0.303 e. The van der Waals surface area contributed by atoms with Crippen LogP contribution in [0, 0.1) is 13.8 Å². The van der Waals surface area contributed by atoms with E-state index in [-0.39, 0.29) is 6.04 Å². The molecule has 2 aromatic rings. The molecule has 90 valence electrons. The van der Waals surface area contributed by atoms with Gasteiger partial charge in [0.25, 0.3) is 0 Å². The summed E-state index contributed by atoms with van der Waals surface area (Å²) >= 11 is 1.75. The molecule has 1 atom stereocenters. The van der Waals surface area contributed by atoms with Gasteiger partial charge in [0, 0.05) is 17.3 Å². The highest BCUT2D eigenvalue weighted by Gasteiger charge is 2.18. The highest BCUT2D eigenvalue weighted by molar-refractivity contribution is 7.10. The van der Waals surface area contributed by atoms with E-state index in [1.807, 2.05) is 19.3 Å². The van der Waals surface area contributed by atoms with Crippen molar-refractivity contribution < 1.29 is 0 Å². The van der Waals surface area contributed by atoms with E-state index in [1.165, 1.54) is 10.4 Å². The van der Waals surface area contributed by atoms with E-state index in [0.717, 1.165) is 17.9 Å². The number of rotatable bonds is 4. The molecule has 2 rings (SSSR count). The lowest BCUT2D eigenvalue weighted by atomic mass is 10.1. The van der Waals surface area contributed by atoms with Gasteiger partial charge in [-0.1, -0.05) is 6.92 Å². The molecule has 17 heavy (non-hydrogen) atoms. The number of hydrogen-bond donors (Lipinski definition) is 1. The second-order valence-electron chi connectivity index (χ2n) is 4.08. The highest BCUT2D eigenvalue weighted by atomic mass is 32.1. The Kier molecular flexibility index (Phi) is 3.86. The zero-order valence-corrected chi connectivity index (χ0v) is 11.2. The molecule has 0 aliphatic rings. The lowest BCUT2D eigenvalue weighted by Crippen LogP contribution is -2.23. The van der Waals surface area contributed by atoms with Crippen LogP contribution in [0.15, 0.2) is 23.8 Å². The summed E-state index contributed by atoms with van der Waals surface area (Å²) in [7, 11) is 0. The Morgan fingerprint density at radius 2 is 2.00 bits per heavy atom. The van der Waals surface area contributed by atoms with Crippen LogP contribution in [0.25, 0.3) is 0 Å². The first-order valence-corrected chi connectivity index (χ1v) is 6.66. The molecule has 0 bridgehead atoms. The van der Waals surface area contributed by atoms with Crippen LogP contribution in [-0.2, 0) is 0 Å². The van der Waals surface area contributed by atoms with E-state index in [0.29, 0.717) is 0 Å². The summed E-state index contributed by atoms with van der Waals surface area (Å²) in [6.07, 6.45) is 3.74. The van der Waals surface area contributed by atoms with Crippen molar-refractivity contribution in [1.29, 1.82) is 0 Å². The molecule has 0 saturated carbocycles. The summed E-state index contributed by atoms with van der Waals surface area (Å²) < 4.78 is 0. The van der Waals surface area contributed by atoms with E-state index in [9.17, 15) is 0 Å². The number of hydrogen-bond acceptors (Lipinski definition) is 4. The van der Waals surface area contributed by atoms with Crippen LogP contribution in [0.4, 0.5) is 0 Å². The molecular formula is C13H17N3S. The van der Waals surface area contributed by atoms with Gasteiger partial charge in [-0.25, -0.2) is 9.97 Å². The number of nitrogens with zero attached hydrogens (tertiary/aromatic N) is 2. The van der Waals surface area contributed by atoms with Gasteiger partial charge in [-0.2, -0.15) is 0 Å². The van der Waals surface area contributed by atoms with E-state index in [2.05, 4.69) is 40.6 Å². The molecule has 0 radical (unpaired) electrons. The molecule has 0 aliphatic carbocycles. The van der Waals surface area contributed by atoms with Crippen molar-refractivity contribution in [3.8, 4) is 0 Å². The molecule has 0 aromatic carbocycles. The van der Waals surface area contributed by atoms with Crippen LogP contribution in [0.2, 0.25) is 0 Å². The fraction of sp³-hybridized carbons (Fsp3) is 0.385. The van der Waals surface area contributed by atoms with Crippen LogP contribution in [-0.4, -0.2) is 16.5 Å². The Hall–Kier alpha value is -1.26. The lowest BCUT2D eigenvalue weighted by molar-refractivity contribution is 0.603. The van der Waals surface area contributed by atoms with Crippen LogP contribution < -0.4 is 5.32 Å². The molecule has 0 saturated heterocycles. The molecule has 0 spiro atoms. The fourth-order valence-electron chi connectivity index (χ4n) is 1.74. The minimum atomic E-state index is 0.112. The second kappa shape index (κ2) is 5.38. The molecule has 1 unspecified atom stereocenters. The maximum atomic E-state index is 4.43. The molecule has 2 heterocycles. The number of aryl methyl sites for hydroxylation is 2. The van der Waals surface area contributed by atoms with Crippen molar-refractivity contribution in [3.05, 3.63) is 45.7 Å². The van der Waals surface area contributed by atoms with Gasteiger partial charge in [0.05, 0.1) is 0 Å². The maximum absolute atomic E-state index is 4.43. The fourth-order valence-corrected chi connectivity index (χ4v) is 2.73. The first-order chi connectivity index (χ1) is 8.22. The van der Waals surface area contributed by atoms with Crippen molar-refractivity contribution in [3.63, 3.8) is 0 Å². The van der Waals surface area contributed by atoms with Crippen molar-refractivity contribution in [2.45, 2.75) is 26.8 Å². The predicted octanol–water partition coefficient (Wildman–Crippen LogP) is 2.85. The zero-order chi connectivity index (χ0) is 12.3. The van der Waals surface area contributed by atoms with Crippen molar-refractivity contribution in [2.75, 3.05) is 6.54 Å². The molecule has 0 amide bonds. The minimum absolute atomic E-state index is 0.112. The van der Waals surface area contributed by atoms with Crippen LogP contribution >= 0.6 is 11.3 Å². The van der Waals surface area contributed by atoms with Gasteiger partial charge >= 0.3 is 0 Å². The topological polar surface area (TPSA) is 37.8 Å². The van der Waals surface area contributed by atoms with Gasteiger partial charge in [0.2, 0.25) is 0 Å². The average Bonchev–Trinajstić information content (AvgIpc) is 2.74. The van der Waals surface area contributed by atoms with Crippen LogP contribution in [0.5, 0.6) is 0 Å². The largest absolute Gasteiger partial charge is 0.303 e. The van der Waals surface area contributed by atoms with E-state index >= 15 is 0 Å². The molecule has 1 N–H and O–H groups in total. The molecule has 4 heteroatoms. The normalized spacial score (nSPS) is 12.6. The molecule has 3 nitrogen and oxygen atoms in total. The smallest absolute Gasteiger partial charge is 0.150 e. The first kappa shape index (κ1) is 12.2. The van der Waals surface area contributed by atoms with Gasteiger partial charge in [-0.15, -0.1) is 11.3 Å². The summed E-state index contributed by atoms with van der Waals surface area (Å²) in [5, 5.41) is 5.56. The van der Waals surface area contributed by atoms with Gasteiger partial charge in [-0.05, 0) is 43.0 Å². The average molecular weight is 247 g/mol. The summed E-state index contributed by atoms with van der Waals surface area (Å²) in [4.78, 5) is 10.2. The zero-order valence-electron chi connectivity index (χ0n) is 10.4. The standard InChI is InChI=1S/C13H17N3S/c1-4-14-11(12-10(3)5-6-17-12)13-15-7-9(2)8-16-13/h5-8,11,14H,4H2,1-3H3. The quantitative estimate of drug-likeness (QED) is 0.902. The van der Waals surface area contributed by atoms with Gasteiger partial charge in [0.1, 0.15) is 11.9 Å². The Bertz CT molecular complexity index is 476. The highest BCUT2D eigenvalue weighted by Crippen LogP contribution is 2.27. The van der Waals surface area contributed by atoms with E-state index in [1.54, 1.807) is 11.3 Å². The third-order valence-corrected chi connectivity index (χ3v) is 3.72. The Balaban J connectivity index is 2.35.